The van der Waals surface area contributed by atoms with Crippen molar-refractivity contribution in [3.8, 4) is 5.75 Å². The van der Waals surface area contributed by atoms with Crippen molar-refractivity contribution in [3.05, 3.63) is 34.6 Å². The van der Waals surface area contributed by atoms with Crippen LogP contribution in [0.1, 0.15) is 42.4 Å². The van der Waals surface area contributed by atoms with Gasteiger partial charge in [0, 0.05) is 17.4 Å². The molecule has 1 fully saturated rings. The van der Waals surface area contributed by atoms with E-state index >= 15 is 0 Å². The van der Waals surface area contributed by atoms with Crippen LogP contribution in [-0.4, -0.2) is 18.0 Å². The van der Waals surface area contributed by atoms with E-state index in [2.05, 4.69) is 0 Å². The summed E-state index contributed by atoms with van der Waals surface area (Å²) in [6.45, 7) is 3.98. The maximum atomic E-state index is 12.8. The number of aliphatic hydroxyl groups excluding tert-OH is 1. The first kappa shape index (κ1) is 14.2. The number of hydrogen-bond acceptors (Lipinski definition) is 3. The number of aryl methyl sites for hydroxylation is 2. The van der Waals surface area contributed by atoms with Crippen LogP contribution in [0.15, 0.2) is 17.9 Å². The van der Waals surface area contributed by atoms with E-state index in [1.165, 1.54) is 0 Å². The molecule has 0 saturated heterocycles. The fourth-order valence-electron chi connectivity index (χ4n) is 3.93. The number of benzene rings is 1. The molecule has 0 aromatic heterocycles. The minimum absolute atomic E-state index is 0.0201. The highest BCUT2D eigenvalue weighted by Crippen LogP contribution is 2.48. The van der Waals surface area contributed by atoms with Crippen LogP contribution in [0.2, 0.25) is 0 Å². The molecule has 1 N–H and O–H groups in total. The van der Waals surface area contributed by atoms with E-state index in [4.69, 9.17) is 4.74 Å². The molecule has 112 valence electrons. The van der Waals surface area contributed by atoms with E-state index in [1.807, 2.05) is 26.0 Å². The van der Waals surface area contributed by atoms with Gasteiger partial charge in [-0.15, -0.1) is 0 Å². The lowest BCUT2D eigenvalue weighted by Gasteiger charge is -2.23. The van der Waals surface area contributed by atoms with Crippen LogP contribution in [0.5, 0.6) is 5.75 Å². The predicted octanol–water partition coefficient (Wildman–Crippen LogP) is 3.97. The lowest BCUT2D eigenvalue weighted by atomic mass is 9.80. The van der Waals surface area contributed by atoms with Gasteiger partial charge in [0.1, 0.15) is 11.5 Å². The van der Waals surface area contributed by atoms with Crippen LogP contribution in [0.3, 0.4) is 0 Å². The smallest absolute Gasteiger partial charge is 0.170 e. The van der Waals surface area contributed by atoms with Crippen molar-refractivity contribution < 1.29 is 14.6 Å². The molecular weight excluding hydrogens is 264 g/mol. The van der Waals surface area contributed by atoms with Gasteiger partial charge in [-0.25, -0.2) is 0 Å². The molecule has 0 spiro atoms. The van der Waals surface area contributed by atoms with Crippen molar-refractivity contribution >= 4 is 11.4 Å². The molecule has 0 radical (unpaired) electrons. The molecule has 3 rings (SSSR count). The van der Waals surface area contributed by atoms with E-state index in [0.717, 1.165) is 42.4 Å². The summed E-state index contributed by atoms with van der Waals surface area (Å²) in [6.07, 6.45) is 3.98. The summed E-state index contributed by atoms with van der Waals surface area (Å²) in [5.74, 6) is 1.06. The summed E-state index contributed by atoms with van der Waals surface area (Å²) in [5, 5.41) is 10.6. The molecule has 0 unspecified atom stereocenters. The minimum Gasteiger partial charge on any atom is -0.511 e. The third kappa shape index (κ3) is 2.15. The largest absolute Gasteiger partial charge is 0.511 e. The van der Waals surface area contributed by atoms with Gasteiger partial charge in [0.05, 0.1) is 12.7 Å². The Hall–Kier alpha value is -1.77. The SMILES string of the molecule is COc1cc(C)cc(C)c1C1=C(O)[C@@H]2CCCC[C@@H]2C1=O. The van der Waals surface area contributed by atoms with Gasteiger partial charge in [0.2, 0.25) is 0 Å². The molecule has 3 heteroatoms. The van der Waals surface area contributed by atoms with Crippen molar-refractivity contribution in [1.82, 2.24) is 0 Å². The Balaban J connectivity index is 2.16. The number of carbonyl (C=O) groups excluding carboxylic acids is 1. The van der Waals surface area contributed by atoms with Crippen molar-refractivity contribution in [1.29, 1.82) is 0 Å². The Kier molecular flexibility index (Phi) is 3.52. The van der Waals surface area contributed by atoms with Crippen molar-refractivity contribution in [2.75, 3.05) is 7.11 Å². The zero-order valence-corrected chi connectivity index (χ0v) is 12.9. The fraction of sp³-hybridized carbons (Fsp3) is 0.500. The topological polar surface area (TPSA) is 46.5 Å². The third-order valence-corrected chi connectivity index (χ3v) is 4.87. The van der Waals surface area contributed by atoms with Gasteiger partial charge >= 0.3 is 0 Å². The molecule has 0 aliphatic heterocycles. The number of ether oxygens (including phenoxy) is 1. The molecule has 1 saturated carbocycles. The lowest BCUT2D eigenvalue weighted by molar-refractivity contribution is -0.118. The van der Waals surface area contributed by atoms with Gasteiger partial charge in [-0.2, -0.15) is 0 Å². The van der Waals surface area contributed by atoms with E-state index in [-0.39, 0.29) is 23.4 Å². The number of rotatable bonds is 2. The first-order valence-corrected chi connectivity index (χ1v) is 7.67. The van der Waals surface area contributed by atoms with Gasteiger partial charge in [0.15, 0.2) is 5.78 Å². The van der Waals surface area contributed by atoms with Crippen LogP contribution in [0.4, 0.5) is 0 Å². The van der Waals surface area contributed by atoms with Gasteiger partial charge in [-0.3, -0.25) is 4.79 Å². The summed E-state index contributed by atoms with van der Waals surface area (Å²) in [4.78, 5) is 12.8. The first-order valence-electron chi connectivity index (χ1n) is 7.67. The van der Waals surface area contributed by atoms with E-state index in [1.54, 1.807) is 7.11 Å². The molecule has 2 aliphatic rings. The quantitative estimate of drug-likeness (QED) is 0.894. The number of allylic oxidation sites excluding steroid dienone is 2. The third-order valence-electron chi connectivity index (χ3n) is 4.87. The number of fused-ring (bicyclic) bond motifs is 1. The maximum absolute atomic E-state index is 12.8. The van der Waals surface area contributed by atoms with Gasteiger partial charge in [0.25, 0.3) is 0 Å². The number of methoxy groups -OCH3 is 1. The number of ketones is 1. The summed E-state index contributed by atoms with van der Waals surface area (Å²) in [7, 11) is 1.61. The van der Waals surface area contributed by atoms with Crippen LogP contribution in [-0.2, 0) is 4.79 Å². The summed E-state index contributed by atoms with van der Waals surface area (Å²) >= 11 is 0. The second-order valence-corrected chi connectivity index (χ2v) is 6.28. The highest BCUT2D eigenvalue weighted by atomic mass is 16.5. The number of Topliss-reactive ketones (excluding diaryl/α,β-unsaturated/α-hetero) is 1. The highest BCUT2D eigenvalue weighted by Gasteiger charge is 2.44. The summed E-state index contributed by atoms with van der Waals surface area (Å²) in [6, 6.07) is 3.96. The molecule has 2 aliphatic carbocycles. The van der Waals surface area contributed by atoms with Crippen molar-refractivity contribution in [2.45, 2.75) is 39.5 Å². The molecule has 3 nitrogen and oxygen atoms in total. The Labute approximate surface area is 125 Å². The second kappa shape index (κ2) is 5.21. The molecule has 0 amide bonds. The first-order chi connectivity index (χ1) is 10.0. The van der Waals surface area contributed by atoms with Crippen LogP contribution < -0.4 is 4.74 Å². The Bertz CT molecular complexity index is 628. The summed E-state index contributed by atoms with van der Waals surface area (Å²) in [5.41, 5.74) is 3.36. The van der Waals surface area contributed by atoms with Gasteiger partial charge in [-0.05, 0) is 43.9 Å². The molecule has 0 heterocycles. The average Bonchev–Trinajstić information content (AvgIpc) is 2.71. The standard InChI is InChI=1S/C18H22O3/c1-10-8-11(2)15(14(9-10)21-3)16-17(19)12-6-4-5-7-13(12)18(16)20/h8-9,12-13,19H,4-7H2,1-3H3/t12-,13+/m1/s1. The Morgan fingerprint density at radius 1 is 1.14 bits per heavy atom. The number of aliphatic hydroxyl groups is 1. The fourth-order valence-corrected chi connectivity index (χ4v) is 3.93. The predicted molar refractivity (Wildman–Crippen MR) is 82.5 cm³/mol. The molecule has 21 heavy (non-hydrogen) atoms. The van der Waals surface area contributed by atoms with E-state index in [9.17, 15) is 9.90 Å². The highest BCUT2D eigenvalue weighted by molar-refractivity contribution is 6.25. The van der Waals surface area contributed by atoms with Crippen LogP contribution in [0, 0.1) is 25.7 Å². The Morgan fingerprint density at radius 2 is 1.81 bits per heavy atom. The minimum atomic E-state index is -0.0286. The second-order valence-electron chi connectivity index (χ2n) is 6.28. The zero-order valence-electron chi connectivity index (χ0n) is 12.9. The van der Waals surface area contributed by atoms with Gasteiger partial charge < -0.3 is 9.84 Å². The van der Waals surface area contributed by atoms with E-state index in [0.29, 0.717) is 11.3 Å². The molecular formula is C18H22O3. The molecule has 0 bridgehead atoms. The molecule has 1 aromatic carbocycles. The summed E-state index contributed by atoms with van der Waals surface area (Å²) < 4.78 is 5.47. The van der Waals surface area contributed by atoms with Crippen molar-refractivity contribution in [3.63, 3.8) is 0 Å². The van der Waals surface area contributed by atoms with Crippen molar-refractivity contribution in [2.24, 2.45) is 11.8 Å². The van der Waals surface area contributed by atoms with Crippen LogP contribution in [0.25, 0.3) is 5.57 Å². The number of carbonyl (C=O) groups is 1. The molecule has 2 atom stereocenters. The Morgan fingerprint density at radius 3 is 2.43 bits per heavy atom. The molecule has 1 aromatic rings. The van der Waals surface area contributed by atoms with Crippen LogP contribution >= 0.6 is 0 Å². The zero-order chi connectivity index (χ0) is 15.1. The maximum Gasteiger partial charge on any atom is 0.170 e. The van der Waals surface area contributed by atoms with E-state index < -0.39 is 0 Å². The normalized spacial score (nSPS) is 25.2. The number of hydrogen-bond donors (Lipinski definition) is 1. The lowest BCUT2D eigenvalue weighted by Crippen LogP contribution is -2.21. The monoisotopic (exact) mass is 286 g/mol. The van der Waals surface area contributed by atoms with Gasteiger partial charge in [-0.1, -0.05) is 18.9 Å². The average molecular weight is 286 g/mol.